The average Bonchev–Trinajstić information content (AvgIpc) is 3.17. The van der Waals surface area contributed by atoms with Crippen molar-refractivity contribution in [2.45, 2.75) is 12.3 Å². The van der Waals surface area contributed by atoms with E-state index < -0.39 is 5.97 Å². The molecule has 0 unspecified atom stereocenters. The van der Waals surface area contributed by atoms with Crippen molar-refractivity contribution in [2.75, 3.05) is 21.3 Å². The molecule has 1 aliphatic rings. The first-order valence-electron chi connectivity index (χ1n) is 5.65. The van der Waals surface area contributed by atoms with E-state index in [9.17, 15) is 4.79 Å². The normalized spacial score (nSPS) is 21.3. The fraction of sp³-hybridized carbons (Fsp3) is 0.462. The number of benzene rings is 1. The summed E-state index contributed by atoms with van der Waals surface area (Å²) in [4.78, 5) is 11.0. The summed E-state index contributed by atoms with van der Waals surface area (Å²) in [7, 11) is 4.66. The maximum absolute atomic E-state index is 11.0. The molecule has 0 saturated heterocycles. The van der Waals surface area contributed by atoms with Gasteiger partial charge in [0, 0.05) is 23.6 Å². The largest absolute Gasteiger partial charge is 0.496 e. The highest BCUT2D eigenvalue weighted by Gasteiger charge is 2.47. The van der Waals surface area contributed by atoms with Gasteiger partial charge in [-0.25, -0.2) is 0 Å². The van der Waals surface area contributed by atoms with E-state index in [0.29, 0.717) is 23.7 Å². The number of carboxylic acids is 1. The molecule has 0 bridgehead atoms. The van der Waals surface area contributed by atoms with Crippen LogP contribution in [0.25, 0.3) is 0 Å². The molecule has 0 amide bonds. The molecule has 1 aromatic rings. The minimum atomic E-state index is -0.778. The second-order valence-electron chi connectivity index (χ2n) is 4.23. The second-order valence-corrected chi connectivity index (χ2v) is 4.23. The van der Waals surface area contributed by atoms with E-state index in [2.05, 4.69) is 0 Å². The van der Waals surface area contributed by atoms with Gasteiger partial charge in [-0.15, -0.1) is 0 Å². The Bertz CT molecular complexity index is 443. The number of ether oxygens (including phenoxy) is 3. The first-order chi connectivity index (χ1) is 8.62. The Morgan fingerprint density at radius 3 is 2.06 bits per heavy atom. The summed E-state index contributed by atoms with van der Waals surface area (Å²) < 4.78 is 15.8. The van der Waals surface area contributed by atoms with Gasteiger partial charge in [-0.2, -0.15) is 0 Å². The lowest BCUT2D eigenvalue weighted by Gasteiger charge is -2.14. The monoisotopic (exact) mass is 252 g/mol. The van der Waals surface area contributed by atoms with E-state index >= 15 is 0 Å². The average molecular weight is 252 g/mol. The van der Waals surface area contributed by atoms with Crippen LogP contribution in [0, 0.1) is 5.92 Å². The van der Waals surface area contributed by atoms with Gasteiger partial charge in [-0.3, -0.25) is 4.79 Å². The third-order valence-corrected chi connectivity index (χ3v) is 3.23. The molecule has 0 aliphatic heterocycles. The minimum absolute atomic E-state index is 0.0432. The molecule has 0 radical (unpaired) electrons. The fourth-order valence-corrected chi connectivity index (χ4v) is 2.19. The van der Waals surface area contributed by atoms with E-state index in [1.54, 1.807) is 33.5 Å². The maximum Gasteiger partial charge on any atom is 0.307 e. The Balaban J connectivity index is 2.42. The Morgan fingerprint density at radius 2 is 1.72 bits per heavy atom. The molecule has 1 aliphatic carbocycles. The van der Waals surface area contributed by atoms with Crippen LogP contribution in [0.3, 0.4) is 0 Å². The van der Waals surface area contributed by atoms with E-state index in [1.807, 2.05) is 0 Å². The van der Waals surface area contributed by atoms with Crippen LogP contribution in [0.1, 0.15) is 17.9 Å². The summed E-state index contributed by atoms with van der Waals surface area (Å²) in [6, 6.07) is 3.49. The molecule has 18 heavy (non-hydrogen) atoms. The van der Waals surface area contributed by atoms with Crippen LogP contribution < -0.4 is 14.2 Å². The van der Waals surface area contributed by atoms with Gasteiger partial charge in [-0.05, 0) is 6.42 Å². The number of methoxy groups -OCH3 is 3. The van der Waals surface area contributed by atoms with E-state index in [1.165, 1.54) is 0 Å². The highest BCUT2D eigenvalue weighted by atomic mass is 16.5. The minimum Gasteiger partial charge on any atom is -0.496 e. The summed E-state index contributed by atoms with van der Waals surface area (Å²) in [5.74, 6) is 0.680. The molecule has 1 aromatic carbocycles. The number of rotatable bonds is 5. The lowest BCUT2D eigenvalue weighted by atomic mass is 10.1. The van der Waals surface area contributed by atoms with Crippen LogP contribution in [-0.4, -0.2) is 32.4 Å². The molecular formula is C13H16O5. The Kier molecular flexibility index (Phi) is 3.32. The Hall–Kier alpha value is -1.91. The summed E-state index contributed by atoms with van der Waals surface area (Å²) in [5.41, 5.74) is 0.813. The molecule has 0 heterocycles. The van der Waals surface area contributed by atoms with Gasteiger partial charge in [0.2, 0.25) is 0 Å². The van der Waals surface area contributed by atoms with Crippen molar-refractivity contribution < 1.29 is 24.1 Å². The van der Waals surface area contributed by atoms with Gasteiger partial charge in [0.15, 0.2) is 0 Å². The third-order valence-electron chi connectivity index (χ3n) is 3.23. The predicted molar refractivity (Wildman–Crippen MR) is 64.6 cm³/mol. The second kappa shape index (κ2) is 4.76. The zero-order valence-corrected chi connectivity index (χ0v) is 10.6. The SMILES string of the molecule is COc1cc(OC)c([C@H]2C[C@@H]2C(=O)O)c(OC)c1. The van der Waals surface area contributed by atoms with Gasteiger partial charge >= 0.3 is 5.97 Å². The zero-order valence-electron chi connectivity index (χ0n) is 10.6. The standard InChI is InChI=1S/C13H16O5/c1-16-7-4-10(17-2)12(11(5-7)18-3)8-6-9(8)13(14)15/h4-5,8-9H,6H2,1-3H3,(H,14,15)/t8-,9-/m0/s1. The summed E-state index contributed by atoms with van der Waals surface area (Å²) in [5, 5.41) is 9.01. The molecule has 5 nitrogen and oxygen atoms in total. The topological polar surface area (TPSA) is 65.0 Å². The van der Waals surface area contributed by atoms with Crippen LogP contribution in [0.15, 0.2) is 12.1 Å². The maximum atomic E-state index is 11.0. The van der Waals surface area contributed by atoms with Gasteiger partial charge in [0.05, 0.1) is 27.2 Å². The molecule has 1 fully saturated rings. The molecule has 0 spiro atoms. The number of aliphatic carboxylic acids is 1. The number of hydrogen-bond acceptors (Lipinski definition) is 4. The van der Waals surface area contributed by atoms with Crippen molar-refractivity contribution in [3.63, 3.8) is 0 Å². The lowest BCUT2D eigenvalue weighted by molar-refractivity contribution is -0.138. The van der Waals surface area contributed by atoms with Crippen LogP contribution in [0.2, 0.25) is 0 Å². The Morgan fingerprint density at radius 1 is 1.17 bits per heavy atom. The lowest BCUT2D eigenvalue weighted by Crippen LogP contribution is -2.02. The molecule has 1 saturated carbocycles. The van der Waals surface area contributed by atoms with Crippen LogP contribution in [0.4, 0.5) is 0 Å². The molecule has 0 aromatic heterocycles. The van der Waals surface area contributed by atoms with Crippen molar-refractivity contribution in [2.24, 2.45) is 5.92 Å². The quantitative estimate of drug-likeness (QED) is 0.867. The number of carbonyl (C=O) groups is 1. The van der Waals surface area contributed by atoms with Gasteiger partial charge in [-0.1, -0.05) is 0 Å². The Labute approximate surface area is 105 Å². The summed E-state index contributed by atoms with van der Waals surface area (Å²) >= 11 is 0. The van der Waals surface area contributed by atoms with Crippen molar-refractivity contribution >= 4 is 5.97 Å². The molecule has 5 heteroatoms. The molecule has 1 N–H and O–H groups in total. The van der Waals surface area contributed by atoms with Crippen molar-refractivity contribution in [3.05, 3.63) is 17.7 Å². The number of hydrogen-bond donors (Lipinski definition) is 1. The van der Waals surface area contributed by atoms with Crippen molar-refractivity contribution in [3.8, 4) is 17.2 Å². The van der Waals surface area contributed by atoms with E-state index in [4.69, 9.17) is 19.3 Å². The summed E-state index contributed by atoms with van der Waals surface area (Å²) in [6.45, 7) is 0. The molecule has 2 atom stereocenters. The number of carboxylic acid groups (broad SMARTS) is 1. The zero-order chi connectivity index (χ0) is 13.3. The van der Waals surface area contributed by atoms with Gasteiger partial charge < -0.3 is 19.3 Å². The fourth-order valence-electron chi connectivity index (χ4n) is 2.19. The van der Waals surface area contributed by atoms with Crippen LogP contribution in [0.5, 0.6) is 17.2 Å². The van der Waals surface area contributed by atoms with Gasteiger partial charge in [0.1, 0.15) is 17.2 Å². The van der Waals surface area contributed by atoms with Crippen LogP contribution in [-0.2, 0) is 4.79 Å². The van der Waals surface area contributed by atoms with Crippen molar-refractivity contribution in [1.29, 1.82) is 0 Å². The highest BCUT2D eigenvalue weighted by Crippen LogP contribution is 2.54. The highest BCUT2D eigenvalue weighted by molar-refractivity contribution is 5.76. The predicted octanol–water partition coefficient (Wildman–Crippen LogP) is 1.90. The van der Waals surface area contributed by atoms with E-state index in [-0.39, 0.29) is 11.8 Å². The molecular weight excluding hydrogens is 236 g/mol. The molecule has 98 valence electrons. The van der Waals surface area contributed by atoms with Crippen LogP contribution >= 0.6 is 0 Å². The summed E-state index contributed by atoms with van der Waals surface area (Å²) in [6.07, 6.45) is 0.619. The first kappa shape index (κ1) is 12.5. The molecule has 2 rings (SSSR count). The van der Waals surface area contributed by atoms with E-state index in [0.717, 1.165) is 5.56 Å². The van der Waals surface area contributed by atoms with Gasteiger partial charge in [0.25, 0.3) is 0 Å². The first-order valence-corrected chi connectivity index (χ1v) is 5.65. The van der Waals surface area contributed by atoms with Crippen molar-refractivity contribution in [1.82, 2.24) is 0 Å². The third kappa shape index (κ3) is 2.08. The smallest absolute Gasteiger partial charge is 0.307 e.